The van der Waals surface area contributed by atoms with Gasteiger partial charge in [-0.2, -0.15) is 0 Å². The van der Waals surface area contributed by atoms with Crippen LogP contribution in [0.5, 0.6) is 5.75 Å². The predicted molar refractivity (Wildman–Crippen MR) is 182 cm³/mol. The summed E-state index contributed by atoms with van der Waals surface area (Å²) < 4.78 is 0. The zero-order chi connectivity index (χ0) is 34.9. The van der Waals surface area contributed by atoms with Gasteiger partial charge in [0.05, 0.1) is 6.04 Å². The Bertz CT molecular complexity index is 1340. The molecule has 0 fully saturated rings. The van der Waals surface area contributed by atoms with Gasteiger partial charge in [0.2, 0.25) is 23.6 Å². The molecule has 0 saturated carbocycles. The number of nitrogens with one attached hydrogen (secondary N) is 3. The number of nitrogens with zero attached hydrogens (tertiary/aromatic N) is 1. The quantitative estimate of drug-likeness (QED) is 0.0512. The van der Waals surface area contributed by atoms with E-state index in [0.29, 0.717) is 32.2 Å². The van der Waals surface area contributed by atoms with Crippen LogP contribution in [0.25, 0.3) is 0 Å². The Hall–Kier alpha value is -4.69. The molecule has 0 aliphatic heterocycles. The highest BCUT2D eigenvalue weighted by atomic mass is 16.3. The van der Waals surface area contributed by atoms with Crippen LogP contribution in [0.1, 0.15) is 60.8 Å². The van der Waals surface area contributed by atoms with Gasteiger partial charge in [-0.3, -0.25) is 24.2 Å². The second-order valence-electron chi connectivity index (χ2n) is 11.8. The number of guanidine groups is 1. The molecule has 2 aromatic carbocycles. The summed E-state index contributed by atoms with van der Waals surface area (Å²) >= 11 is 0. The lowest BCUT2D eigenvalue weighted by molar-refractivity contribution is -0.132. The summed E-state index contributed by atoms with van der Waals surface area (Å²) in [4.78, 5) is 56.4. The molecule has 2 aromatic rings. The van der Waals surface area contributed by atoms with Gasteiger partial charge >= 0.3 is 0 Å². The molecule has 47 heavy (non-hydrogen) atoms. The minimum Gasteiger partial charge on any atom is -0.508 e. The number of hydrogen-bond acceptors (Lipinski definition) is 8. The van der Waals surface area contributed by atoms with Crippen LogP contribution in [-0.4, -0.2) is 72.0 Å². The number of aromatic hydroxyl groups is 1. The number of benzene rings is 2. The van der Waals surface area contributed by atoms with E-state index in [2.05, 4.69) is 20.9 Å². The van der Waals surface area contributed by atoms with E-state index in [1.165, 1.54) is 0 Å². The van der Waals surface area contributed by atoms with Crippen LogP contribution in [0.15, 0.2) is 47.5 Å². The average Bonchev–Trinajstić information content (AvgIpc) is 2.99. The number of primary amides is 1. The minimum atomic E-state index is -1.07. The number of phenolic OH excluding ortho intramolecular Hbond substituents is 1. The van der Waals surface area contributed by atoms with Gasteiger partial charge in [0.25, 0.3) is 0 Å². The topological polar surface area (TPSA) is 267 Å². The van der Waals surface area contributed by atoms with Crippen LogP contribution in [0, 0.1) is 13.8 Å². The molecule has 14 N–H and O–H groups in total. The van der Waals surface area contributed by atoms with Crippen molar-refractivity contribution in [1.29, 1.82) is 0 Å². The van der Waals surface area contributed by atoms with Crippen LogP contribution in [0.3, 0.4) is 0 Å². The van der Waals surface area contributed by atoms with Crippen LogP contribution in [0.2, 0.25) is 0 Å². The van der Waals surface area contributed by atoms with Crippen molar-refractivity contribution in [1.82, 2.24) is 16.0 Å². The first-order chi connectivity index (χ1) is 22.3. The number of unbranched alkanes of at least 4 members (excludes halogenated alkanes) is 1. The lowest BCUT2D eigenvalue weighted by Crippen LogP contribution is -2.57. The van der Waals surface area contributed by atoms with Gasteiger partial charge in [-0.1, -0.05) is 36.8 Å². The number of hydrogen-bond donors (Lipinski definition) is 9. The maximum atomic E-state index is 13.8. The summed E-state index contributed by atoms with van der Waals surface area (Å²) in [5.74, 6) is -2.22. The van der Waals surface area contributed by atoms with Gasteiger partial charge in [-0.05, 0) is 86.9 Å². The Kier molecular flexibility index (Phi) is 16.2. The number of nitrogens with two attached hydrogens (primary N) is 5. The number of carbonyl (C=O) groups is 4. The molecule has 0 aromatic heterocycles. The number of aryl methyl sites for hydroxylation is 2. The fraction of sp³-hybridized carbons (Fsp3) is 0.485. The number of aliphatic imine (C=N–C) groups is 1. The van der Waals surface area contributed by atoms with Gasteiger partial charge in [0.1, 0.15) is 17.8 Å². The molecule has 0 spiro atoms. The fourth-order valence-corrected chi connectivity index (χ4v) is 5.29. The second kappa shape index (κ2) is 19.7. The summed E-state index contributed by atoms with van der Waals surface area (Å²) in [6.07, 6.45) is 2.64. The first-order valence-corrected chi connectivity index (χ1v) is 15.8. The Morgan fingerprint density at radius 3 is 2.02 bits per heavy atom. The molecule has 2 rings (SSSR count). The van der Waals surface area contributed by atoms with Crippen LogP contribution in [0.4, 0.5) is 0 Å². The maximum absolute atomic E-state index is 13.8. The molecular formula is C33H51N9O5. The third-order valence-electron chi connectivity index (χ3n) is 7.74. The highest BCUT2D eigenvalue weighted by Crippen LogP contribution is 2.22. The van der Waals surface area contributed by atoms with Crippen molar-refractivity contribution in [2.45, 2.75) is 89.4 Å². The SMILES string of the molecule is Cc1cc(O)cc(C)c1C[C@H](N)C(=O)N[C@H](CCCN=C(N)N)C(=O)N[C@@H](Cc1ccccc1)C(=O)N[C@@H](CCCCN)CC(N)=O. The van der Waals surface area contributed by atoms with Gasteiger partial charge < -0.3 is 49.7 Å². The normalized spacial score (nSPS) is 13.4. The Morgan fingerprint density at radius 1 is 0.809 bits per heavy atom. The third-order valence-corrected chi connectivity index (χ3v) is 7.74. The monoisotopic (exact) mass is 653 g/mol. The smallest absolute Gasteiger partial charge is 0.243 e. The average molecular weight is 654 g/mol. The van der Waals surface area contributed by atoms with E-state index in [1.807, 2.05) is 44.2 Å². The summed E-state index contributed by atoms with van der Waals surface area (Å²) in [5, 5.41) is 18.3. The molecule has 0 radical (unpaired) electrons. The van der Waals surface area contributed by atoms with Gasteiger partial charge in [-0.15, -0.1) is 0 Å². The largest absolute Gasteiger partial charge is 0.508 e. The molecular weight excluding hydrogens is 602 g/mol. The van der Waals surface area contributed by atoms with Crippen molar-refractivity contribution in [2.24, 2.45) is 33.7 Å². The number of phenols is 1. The first kappa shape index (κ1) is 38.5. The molecule has 4 amide bonds. The lowest BCUT2D eigenvalue weighted by atomic mass is 9.95. The van der Waals surface area contributed by atoms with Crippen LogP contribution >= 0.6 is 0 Å². The summed E-state index contributed by atoms with van der Waals surface area (Å²) in [5.41, 5.74) is 31.4. The molecule has 258 valence electrons. The zero-order valence-corrected chi connectivity index (χ0v) is 27.3. The van der Waals surface area contributed by atoms with E-state index in [0.717, 1.165) is 22.3 Å². The molecule has 0 aliphatic rings. The first-order valence-electron chi connectivity index (χ1n) is 15.8. The Labute approximate surface area is 276 Å². The highest BCUT2D eigenvalue weighted by Gasteiger charge is 2.30. The minimum absolute atomic E-state index is 0.0658. The molecule has 14 nitrogen and oxygen atoms in total. The van der Waals surface area contributed by atoms with Crippen LogP contribution in [-0.2, 0) is 32.0 Å². The summed E-state index contributed by atoms with van der Waals surface area (Å²) in [6.45, 7) is 4.32. The fourth-order valence-electron chi connectivity index (χ4n) is 5.29. The second-order valence-corrected chi connectivity index (χ2v) is 11.8. The Morgan fingerprint density at radius 2 is 1.43 bits per heavy atom. The molecule has 0 bridgehead atoms. The van der Waals surface area contributed by atoms with Crippen molar-refractivity contribution < 1.29 is 24.3 Å². The molecule has 0 unspecified atom stereocenters. The van der Waals surface area contributed by atoms with E-state index in [-0.39, 0.29) is 43.9 Å². The van der Waals surface area contributed by atoms with E-state index in [4.69, 9.17) is 28.7 Å². The summed E-state index contributed by atoms with van der Waals surface area (Å²) in [6, 6.07) is 8.67. The predicted octanol–water partition coefficient (Wildman–Crippen LogP) is -0.366. The van der Waals surface area contributed by atoms with Gasteiger partial charge in [0.15, 0.2) is 5.96 Å². The third kappa shape index (κ3) is 14.1. The Balaban J connectivity index is 2.28. The van der Waals surface area contributed by atoms with Crippen molar-refractivity contribution in [3.05, 3.63) is 64.7 Å². The standard InChI is InChI=1S/C33H51N9O5/c1-20-15-24(43)16-21(2)25(20)19-26(35)30(45)41-27(12-8-14-39-33(37)38)31(46)42-28(17-22-9-4-3-5-10-22)32(47)40-23(18-29(36)44)11-6-7-13-34/h3-5,9-10,15-16,23,26-28,43H,6-8,11-14,17-19,34-35H2,1-2H3,(H2,36,44)(H,40,47)(H,41,45)(H,42,46)(H4,37,38,39)/t23-,26-,27+,28-/m0/s1. The van der Waals surface area contributed by atoms with Crippen molar-refractivity contribution in [3.63, 3.8) is 0 Å². The number of carbonyl (C=O) groups excluding carboxylic acids is 4. The van der Waals surface area contributed by atoms with Gasteiger partial charge in [0, 0.05) is 25.4 Å². The number of amides is 4. The van der Waals surface area contributed by atoms with E-state index < -0.39 is 47.8 Å². The molecule has 4 atom stereocenters. The van der Waals surface area contributed by atoms with Crippen molar-refractivity contribution >= 4 is 29.6 Å². The molecule has 0 saturated heterocycles. The molecule has 0 heterocycles. The van der Waals surface area contributed by atoms with E-state index in [9.17, 15) is 24.3 Å². The summed E-state index contributed by atoms with van der Waals surface area (Å²) in [7, 11) is 0. The zero-order valence-electron chi connectivity index (χ0n) is 27.3. The number of rotatable bonds is 20. The van der Waals surface area contributed by atoms with Crippen molar-refractivity contribution in [2.75, 3.05) is 13.1 Å². The highest BCUT2D eigenvalue weighted by molar-refractivity contribution is 5.93. The maximum Gasteiger partial charge on any atom is 0.243 e. The van der Waals surface area contributed by atoms with E-state index in [1.54, 1.807) is 12.1 Å². The molecule has 14 heteroatoms. The van der Waals surface area contributed by atoms with E-state index >= 15 is 0 Å². The van der Waals surface area contributed by atoms with Crippen molar-refractivity contribution in [3.8, 4) is 5.75 Å². The van der Waals surface area contributed by atoms with Crippen LogP contribution < -0.4 is 44.6 Å². The lowest BCUT2D eigenvalue weighted by Gasteiger charge is -2.26. The van der Waals surface area contributed by atoms with Gasteiger partial charge in [-0.25, -0.2) is 0 Å². The molecule has 0 aliphatic carbocycles.